The molecule has 1 aromatic carbocycles. The molecule has 4 heteroatoms. The maximum atomic E-state index is 13.0. The second-order valence-electron chi connectivity index (χ2n) is 9.01. The Hall–Kier alpha value is -1.84. The van der Waals surface area contributed by atoms with Crippen LogP contribution in [-0.2, 0) is 9.59 Å². The summed E-state index contributed by atoms with van der Waals surface area (Å²) in [6, 6.07) is 6.34. The van der Waals surface area contributed by atoms with Gasteiger partial charge in [0.15, 0.2) is 0 Å². The van der Waals surface area contributed by atoms with Crippen LogP contribution >= 0.6 is 0 Å². The number of rotatable bonds is 4. The Bertz CT molecular complexity index is 676. The van der Waals surface area contributed by atoms with E-state index in [2.05, 4.69) is 52.8 Å². The molecule has 4 nitrogen and oxygen atoms in total. The van der Waals surface area contributed by atoms with Gasteiger partial charge in [-0.1, -0.05) is 52.8 Å². The fourth-order valence-electron chi connectivity index (χ4n) is 4.40. The van der Waals surface area contributed by atoms with E-state index < -0.39 is 0 Å². The summed E-state index contributed by atoms with van der Waals surface area (Å²) >= 11 is 0. The first-order valence-corrected chi connectivity index (χ1v) is 10.5. The predicted molar refractivity (Wildman–Crippen MR) is 110 cm³/mol. The van der Waals surface area contributed by atoms with Gasteiger partial charge in [-0.3, -0.25) is 9.59 Å². The first kappa shape index (κ1) is 19.9. The standard InChI is InChI=1S/C23H34N2O2/c1-15(2)19-7-6-8-20(16(3)4)22(19)25-14-18(13-21(25)26)23(27)24-11-9-17(5)10-12-24/h6-8,15-18H,9-14H2,1-5H3. The van der Waals surface area contributed by atoms with E-state index >= 15 is 0 Å². The maximum absolute atomic E-state index is 13.0. The van der Waals surface area contributed by atoms with Crippen molar-refractivity contribution in [3.63, 3.8) is 0 Å². The highest BCUT2D eigenvalue weighted by Gasteiger charge is 2.39. The Balaban J connectivity index is 1.85. The van der Waals surface area contributed by atoms with E-state index in [1.807, 2.05) is 9.80 Å². The number of carbonyl (C=O) groups excluding carboxylic acids is 2. The summed E-state index contributed by atoms with van der Waals surface area (Å²) in [5.41, 5.74) is 3.46. The molecule has 2 amide bonds. The van der Waals surface area contributed by atoms with Crippen molar-refractivity contribution in [2.75, 3.05) is 24.5 Å². The molecule has 0 aliphatic carbocycles. The number of carbonyl (C=O) groups is 2. The Morgan fingerprint density at radius 3 is 2.11 bits per heavy atom. The average Bonchev–Trinajstić information content (AvgIpc) is 3.02. The lowest BCUT2D eigenvalue weighted by Crippen LogP contribution is -2.42. The van der Waals surface area contributed by atoms with Crippen LogP contribution < -0.4 is 4.90 Å². The summed E-state index contributed by atoms with van der Waals surface area (Å²) in [6.45, 7) is 13.1. The molecular weight excluding hydrogens is 336 g/mol. The molecule has 148 valence electrons. The minimum absolute atomic E-state index is 0.0914. The van der Waals surface area contributed by atoms with Crippen LogP contribution in [0.5, 0.6) is 0 Å². The number of piperidine rings is 1. The molecule has 2 heterocycles. The molecule has 0 saturated carbocycles. The highest BCUT2D eigenvalue weighted by atomic mass is 16.2. The molecule has 2 aliphatic rings. The molecule has 0 bridgehead atoms. The van der Waals surface area contributed by atoms with Crippen molar-refractivity contribution in [2.45, 2.75) is 65.7 Å². The number of para-hydroxylation sites is 1. The molecule has 2 saturated heterocycles. The summed E-state index contributed by atoms with van der Waals surface area (Å²) in [5.74, 6) is 1.43. The third-order valence-corrected chi connectivity index (χ3v) is 6.18. The zero-order valence-corrected chi connectivity index (χ0v) is 17.5. The topological polar surface area (TPSA) is 40.6 Å². The van der Waals surface area contributed by atoms with E-state index in [1.54, 1.807) is 0 Å². The van der Waals surface area contributed by atoms with Crippen molar-refractivity contribution in [3.05, 3.63) is 29.3 Å². The van der Waals surface area contributed by atoms with Gasteiger partial charge in [0.05, 0.1) is 11.6 Å². The molecule has 1 atom stereocenters. The monoisotopic (exact) mass is 370 g/mol. The smallest absolute Gasteiger partial charge is 0.228 e. The molecular formula is C23H34N2O2. The van der Waals surface area contributed by atoms with Crippen LogP contribution in [0.15, 0.2) is 18.2 Å². The quantitative estimate of drug-likeness (QED) is 0.780. The van der Waals surface area contributed by atoms with Crippen LogP contribution in [0.2, 0.25) is 0 Å². The highest BCUT2D eigenvalue weighted by Crippen LogP contribution is 2.38. The zero-order valence-electron chi connectivity index (χ0n) is 17.5. The first-order chi connectivity index (χ1) is 12.8. The van der Waals surface area contributed by atoms with Crippen molar-refractivity contribution in [1.82, 2.24) is 4.90 Å². The summed E-state index contributed by atoms with van der Waals surface area (Å²) in [6.07, 6.45) is 2.49. The van der Waals surface area contributed by atoms with Crippen LogP contribution in [0, 0.1) is 11.8 Å². The van der Waals surface area contributed by atoms with Gasteiger partial charge < -0.3 is 9.80 Å². The second-order valence-corrected chi connectivity index (χ2v) is 9.01. The van der Waals surface area contributed by atoms with Crippen molar-refractivity contribution < 1.29 is 9.59 Å². The molecule has 0 spiro atoms. The summed E-state index contributed by atoms with van der Waals surface area (Å²) in [5, 5.41) is 0. The first-order valence-electron chi connectivity index (χ1n) is 10.5. The number of amides is 2. The fraction of sp³-hybridized carbons (Fsp3) is 0.652. The van der Waals surface area contributed by atoms with Crippen LogP contribution in [0.4, 0.5) is 5.69 Å². The number of likely N-dealkylation sites (tertiary alicyclic amines) is 1. The molecule has 0 N–H and O–H groups in total. The Morgan fingerprint density at radius 2 is 1.59 bits per heavy atom. The maximum Gasteiger partial charge on any atom is 0.228 e. The van der Waals surface area contributed by atoms with Crippen molar-refractivity contribution >= 4 is 17.5 Å². The number of hydrogen-bond acceptors (Lipinski definition) is 2. The Kier molecular flexibility index (Phi) is 5.92. The van der Waals surface area contributed by atoms with Gasteiger partial charge in [-0.05, 0) is 41.7 Å². The van der Waals surface area contributed by atoms with Gasteiger partial charge in [0.2, 0.25) is 11.8 Å². The van der Waals surface area contributed by atoms with Gasteiger partial charge in [0.1, 0.15) is 0 Å². The summed E-state index contributed by atoms with van der Waals surface area (Å²) < 4.78 is 0. The van der Waals surface area contributed by atoms with E-state index in [-0.39, 0.29) is 17.7 Å². The van der Waals surface area contributed by atoms with Gasteiger partial charge in [0, 0.05) is 26.1 Å². The molecule has 3 rings (SSSR count). The van der Waals surface area contributed by atoms with E-state index in [0.29, 0.717) is 30.7 Å². The third kappa shape index (κ3) is 4.04. The van der Waals surface area contributed by atoms with Crippen molar-refractivity contribution in [2.24, 2.45) is 11.8 Å². The van der Waals surface area contributed by atoms with E-state index in [9.17, 15) is 9.59 Å². The molecule has 0 radical (unpaired) electrons. The molecule has 1 aromatic rings. The number of nitrogens with zero attached hydrogens (tertiary/aromatic N) is 2. The lowest BCUT2D eigenvalue weighted by molar-refractivity contribution is -0.137. The minimum Gasteiger partial charge on any atom is -0.342 e. The molecule has 2 aliphatic heterocycles. The zero-order chi connectivity index (χ0) is 19.7. The van der Waals surface area contributed by atoms with Crippen LogP contribution in [-0.4, -0.2) is 36.3 Å². The lowest BCUT2D eigenvalue weighted by Gasteiger charge is -2.32. The minimum atomic E-state index is -0.203. The number of benzene rings is 1. The average molecular weight is 371 g/mol. The highest BCUT2D eigenvalue weighted by molar-refractivity contribution is 6.01. The van der Waals surface area contributed by atoms with Gasteiger partial charge in [-0.2, -0.15) is 0 Å². The number of hydrogen-bond donors (Lipinski definition) is 0. The van der Waals surface area contributed by atoms with E-state index in [1.165, 1.54) is 11.1 Å². The Morgan fingerprint density at radius 1 is 1.04 bits per heavy atom. The molecule has 27 heavy (non-hydrogen) atoms. The van der Waals surface area contributed by atoms with Gasteiger partial charge in [-0.25, -0.2) is 0 Å². The van der Waals surface area contributed by atoms with Gasteiger partial charge in [-0.15, -0.1) is 0 Å². The molecule has 1 unspecified atom stereocenters. The molecule has 2 fully saturated rings. The van der Waals surface area contributed by atoms with Crippen LogP contribution in [0.3, 0.4) is 0 Å². The SMILES string of the molecule is CC1CCN(C(=O)C2CC(=O)N(c3c(C(C)C)cccc3C(C)C)C2)CC1. The van der Waals surface area contributed by atoms with Crippen LogP contribution in [0.1, 0.15) is 76.8 Å². The normalized spacial score (nSPS) is 21.6. The van der Waals surface area contributed by atoms with Gasteiger partial charge in [0.25, 0.3) is 0 Å². The predicted octanol–water partition coefficient (Wildman–Crippen LogP) is 4.54. The Labute approximate surface area is 163 Å². The van der Waals surface area contributed by atoms with E-state index in [0.717, 1.165) is 31.6 Å². The third-order valence-electron chi connectivity index (χ3n) is 6.18. The van der Waals surface area contributed by atoms with Crippen molar-refractivity contribution in [3.8, 4) is 0 Å². The molecule has 0 aromatic heterocycles. The number of anilines is 1. The van der Waals surface area contributed by atoms with Crippen molar-refractivity contribution in [1.29, 1.82) is 0 Å². The summed E-state index contributed by atoms with van der Waals surface area (Å²) in [4.78, 5) is 29.8. The van der Waals surface area contributed by atoms with Gasteiger partial charge >= 0.3 is 0 Å². The fourth-order valence-corrected chi connectivity index (χ4v) is 4.40. The van der Waals surface area contributed by atoms with E-state index in [4.69, 9.17) is 0 Å². The summed E-state index contributed by atoms with van der Waals surface area (Å²) in [7, 11) is 0. The lowest BCUT2D eigenvalue weighted by atomic mass is 9.92. The van der Waals surface area contributed by atoms with Crippen LogP contribution in [0.25, 0.3) is 0 Å². The second kappa shape index (κ2) is 8.04. The largest absolute Gasteiger partial charge is 0.342 e.